The first-order valence-corrected chi connectivity index (χ1v) is 6.50. The van der Waals surface area contributed by atoms with Crippen LogP contribution in [0, 0.1) is 6.92 Å². The molecular formula is C13H19N5. The molecule has 0 aliphatic carbocycles. The Morgan fingerprint density at radius 3 is 2.94 bits per heavy atom. The van der Waals surface area contributed by atoms with Crippen LogP contribution in [0.2, 0.25) is 0 Å². The SMILES string of the molecule is Cc1nc2ncccn2c1CN1CCC(N)CC1. The van der Waals surface area contributed by atoms with Gasteiger partial charge in [-0.2, -0.15) is 0 Å². The summed E-state index contributed by atoms with van der Waals surface area (Å²) < 4.78 is 2.09. The largest absolute Gasteiger partial charge is 0.328 e. The molecule has 0 spiro atoms. The van der Waals surface area contributed by atoms with Crippen molar-refractivity contribution in [3.05, 3.63) is 29.8 Å². The highest BCUT2D eigenvalue weighted by Crippen LogP contribution is 2.16. The van der Waals surface area contributed by atoms with Gasteiger partial charge in [-0.3, -0.25) is 9.30 Å². The first-order chi connectivity index (χ1) is 8.74. The fourth-order valence-corrected chi connectivity index (χ4v) is 2.56. The predicted octanol–water partition coefficient (Wildman–Crippen LogP) is 0.961. The van der Waals surface area contributed by atoms with E-state index in [1.807, 2.05) is 12.3 Å². The average Bonchev–Trinajstić information content (AvgIpc) is 2.69. The highest BCUT2D eigenvalue weighted by atomic mass is 15.2. The lowest BCUT2D eigenvalue weighted by Gasteiger charge is -2.29. The smallest absolute Gasteiger partial charge is 0.234 e. The molecular weight excluding hydrogens is 226 g/mol. The van der Waals surface area contributed by atoms with Crippen LogP contribution >= 0.6 is 0 Å². The third-order valence-electron chi connectivity index (χ3n) is 3.71. The van der Waals surface area contributed by atoms with Gasteiger partial charge in [0.15, 0.2) is 0 Å². The standard InChI is InChI=1S/C13H19N5/c1-10-12(9-17-7-3-11(14)4-8-17)18-6-2-5-15-13(18)16-10/h2,5-6,11H,3-4,7-9,14H2,1H3. The Labute approximate surface area is 107 Å². The molecule has 5 nitrogen and oxygen atoms in total. The quantitative estimate of drug-likeness (QED) is 0.856. The van der Waals surface area contributed by atoms with E-state index in [2.05, 4.69) is 26.2 Å². The number of piperidine rings is 1. The van der Waals surface area contributed by atoms with Crippen LogP contribution in [-0.2, 0) is 6.54 Å². The summed E-state index contributed by atoms with van der Waals surface area (Å²) in [5.41, 5.74) is 8.25. The Morgan fingerprint density at radius 2 is 2.17 bits per heavy atom. The number of aryl methyl sites for hydroxylation is 1. The second-order valence-corrected chi connectivity index (χ2v) is 5.05. The Hall–Kier alpha value is -1.46. The Balaban J connectivity index is 1.84. The van der Waals surface area contributed by atoms with Gasteiger partial charge in [-0.05, 0) is 25.8 Å². The van der Waals surface area contributed by atoms with Crippen molar-refractivity contribution in [1.82, 2.24) is 19.3 Å². The average molecular weight is 245 g/mol. The first kappa shape index (κ1) is 11.6. The summed E-state index contributed by atoms with van der Waals surface area (Å²) in [5.74, 6) is 0.790. The zero-order valence-electron chi connectivity index (χ0n) is 10.7. The third-order valence-corrected chi connectivity index (χ3v) is 3.71. The fraction of sp³-hybridized carbons (Fsp3) is 0.538. The highest BCUT2D eigenvalue weighted by Gasteiger charge is 2.18. The Bertz CT molecular complexity index is 539. The van der Waals surface area contributed by atoms with Crippen LogP contribution in [0.1, 0.15) is 24.2 Å². The van der Waals surface area contributed by atoms with Crippen molar-refractivity contribution in [2.24, 2.45) is 5.73 Å². The Morgan fingerprint density at radius 1 is 1.39 bits per heavy atom. The van der Waals surface area contributed by atoms with Crippen LogP contribution in [0.15, 0.2) is 18.5 Å². The van der Waals surface area contributed by atoms with Gasteiger partial charge < -0.3 is 5.73 Å². The van der Waals surface area contributed by atoms with Crippen LogP contribution < -0.4 is 5.73 Å². The number of nitrogens with two attached hydrogens (primary N) is 1. The maximum Gasteiger partial charge on any atom is 0.234 e. The van der Waals surface area contributed by atoms with Crippen LogP contribution in [0.3, 0.4) is 0 Å². The van der Waals surface area contributed by atoms with Gasteiger partial charge in [-0.1, -0.05) is 0 Å². The molecule has 1 saturated heterocycles. The highest BCUT2D eigenvalue weighted by molar-refractivity contribution is 5.34. The summed E-state index contributed by atoms with van der Waals surface area (Å²) in [6.45, 7) is 5.15. The number of imidazole rings is 1. The summed E-state index contributed by atoms with van der Waals surface area (Å²) in [4.78, 5) is 11.2. The third kappa shape index (κ3) is 2.11. The monoisotopic (exact) mass is 245 g/mol. The molecule has 2 aromatic heterocycles. The van der Waals surface area contributed by atoms with Crippen molar-refractivity contribution in [3.63, 3.8) is 0 Å². The first-order valence-electron chi connectivity index (χ1n) is 6.50. The van der Waals surface area contributed by atoms with Gasteiger partial charge in [0, 0.05) is 38.1 Å². The molecule has 5 heteroatoms. The van der Waals surface area contributed by atoms with Gasteiger partial charge in [-0.15, -0.1) is 0 Å². The fourth-order valence-electron chi connectivity index (χ4n) is 2.56. The van der Waals surface area contributed by atoms with Gasteiger partial charge >= 0.3 is 0 Å². The minimum Gasteiger partial charge on any atom is -0.328 e. The molecule has 3 heterocycles. The number of aromatic nitrogens is 3. The molecule has 0 aromatic carbocycles. The zero-order chi connectivity index (χ0) is 12.5. The summed E-state index contributed by atoms with van der Waals surface area (Å²) >= 11 is 0. The summed E-state index contributed by atoms with van der Waals surface area (Å²) in [7, 11) is 0. The van der Waals surface area contributed by atoms with Gasteiger partial charge in [0.25, 0.3) is 0 Å². The summed E-state index contributed by atoms with van der Waals surface area (Å²) in [6.07, 6.45) is 6.00. The van der Waals surface area contributed by atoms with E-state index in [0.717, 1.165) is 43.9 Å². The molecule has 0 bridgehead atoms. The van der Waals surface area contributed by atoms with Crippen LogP contribution in [0.5, 0.6) is 0 Å². The maximum atomic E-state index is 5.94. The molecule has 0 saturated carbocycles. The second kappa shape index (κ2) is 4.66. The Kier molecular flexibility index (Phi) is 3.01. The maximum absolute atomic E-state index is 5.94. The van der Waals surface area contributed by atoms with Gasteiger partial charge in [0.2, 0.25) is 5.78 Å². The molecule has 3 rings (SSSR count). The van der Waals surface area contributed by atoms with Gasteiger partial charge in [0.1, 0.15) is 0 Å². The number of hydrogen-bond donors (Lipinski definition) is 1. The van der Waals surface area contributed by atoms with E-state index < -0.39 is 0 Å². The molecule has 1 fully saturated rings. The zero-order valence-corrected chi connectivity index (χ0v) is 10.7. The molecule has 96 valence electrons. The van der Waals surface area contributed by atoms with Crippen molar-refractivity contribution in [1.29, 1.82) is 0 Å². The molecule has 2 aromatic rings. The number of nitrogens with zero attached hydrogens (tertiary/aromatic N) is 4. The van der Waals surface area contributed by atoms with E-state index in [1.54, 1.807) is 6.20 Å². The lowest BCUT2D eigenvalue weighted by Crippen LogP contribution is -2.39. The van der Waals surface area contributed by atoms with E-state index in [-0.39, 0.29) is 0 Å². The van der Waals surface area contributed by atoms with Crippen molar-refractivity contribution in [3.8, 4) is 0 Å². The second-order valence-electron chi connectivity index (χ2n) is 5.05. The minimum absolute atomic E-state index is 0.381. The normalized spacial score (nSPS) is 18.6. The van der Waals surface area contributed by atoms with Gasteiger partial charge in [0.05, 0.1) is 11.4 Å². The molecule has 18 heavy (non-hydrogen) atoms. The van der Waals surface area contributed by atoms with Crippen LogP contribution in [0.25, 0.3) is 5.78 Å². The van der Waals surface area contributed by atoms with E-state index in [9.17, 15) is 0 Å². The van der Waals surface area contributed by atoms with E-state index in [4.69, 9.17) is 5.73 Å². The molecule has 1 aliphatic heterocycles. The van der Waals surface area contributed by atoms with Gasteiger partial charge in [-0.25, -0.2) is 9.97 Å². The molecule has 1 aliphatic rings. The van der Waals surface area contributed by atoms with Crippen molar-refractivity contribution >= 4 is 5.78 Å². The van der Waals surface area contributed by atoms with Crippen molar-refractivity contribution in [2.75, 3.05) is 13.1 Å². The van der Waals surface area contributed by atoms with Crippen LogP contribution in [-0.4, -0.2) is 38.4 Å². The van der Waals surface area contributed by atoms with E-state index in [0.29, 0.717) is 6.04 Å². The topological polar surface area (TPSA) is 59.5 Å². The number of fused-ring (bicyclic) bond motifs is 1. The summed E-state index contributed by atoms with van der Waals surface area (Å²) in [6, 6.07) is 2.33. The van der Waals surface area contributed by atoms with Crippen LogP contribution in [0.4, 0.5) is 0 Å². The number of likely N-dealkylation sites (tertiary alicyclic amines) is 1. The van der Waals surface area contributed by atoms with Crippen molar-refractivity contribution in [2.45, 2.75) is 32.4 Å². The lowest BCUT2D eigenvalue weighted by molar-refractivity contribution is 0.203. The lowest BCUT2D eigenvalue weighted by atomic mass is 10.1. The molecule has 0 amide bonds. The van der Waals surface area contributed by atoms with E-state index >= 15 is 0 Å². The van der Waals surface area contributed by atoms with Crippen molar-refractivity contribution < 1.29 is 0 Å². The predicted molar refractivity (Wildman–Crippen MR) is 70.2 cm³/mol. The summed E-state index contributed by atoms with van der Waals surface area (Å²) in [5, 5.41) is 0. The molecule has 0 unspecified atom stereocenters. The number of hydrogen-bond acceptors (Lipinski definition) is 4. The molecule has 2 N–H and O–H groups in total. The molecule has 0 radical (unpaired) electrons. The number of rotatable bonds is 2. The van der Waals surface area contributed by atoms with E-state index in [1.165, 1.54) is 5.69 Å². The molecule has 0 atom stereocenters. The minimum atomic E-state index is 0.381.